The first kappa shape index (κ1) is 18.5. The first-order chi connectivity index (χ1) is 13.5. The molecule has 1 aromatic heterocycles. The summed E-state index contributed by atoms with van der Waals surface area (Å²) < 4.78 is 5.86. The van der Waals surface area contributed by atoms with Crippen LogP contribution in [0, 0.1) is 6.92 Å². The maximum absolute atomic E-state index is 13.2. The van der Waals surface area contributed by atoms with Gasteiger partial charge in [0.25, 0.3) is 5.91 Å². The number of amidine groups is 1. The van der Waals surface area contributed by atoms with Crippen LogP contribution in [0.1, 0.15) is 39.8 Å². The van der Waals surface area contributed by atoms with Crippen LogP contribution in [0.2, 0.25) is 0 Å². The summed E-state index contributed by atoms with van der Waals surface area (Å²) in [5.41, 5.74) is 2.92. The second kappa shape index (κ2) is 7.64. The number of hydrogen-bond acceptors (Lipinski definition) is 5. The molecule has 0 bridgehead atoms. The molecule has 5 nitrogen and oxygen atoms in total. The van der Waals surface area contributed by atoms with E-state index in [2.05, 4.69) is 4.99 Å². The average molecular weight is 392 g/mol. The van der Waals surface area contributed by atoms with Gasteiger partial charge in [0.05, 0.1) is 5.69 Å². The summed E-state index contributed by atoms with van der Waals surface area (Å²) in [5.74, 6) is 1.12. The lowest BCUT2D eigenvalue weighted by Gasteiger charge is -2.27. The Kier molecular flexibility index (Phi) is 5.05. The number of thioether (sulfide) groups is 1. The predicted octanol–water partition coefficient (Wildman–Crippen LogP) is 5.21. The fourth-order valence-electron chi connectivity index (χ4n) is 3.22. The minimum absolute atomic E-state index is 0.0170. The average Bonchev–Trinajstić information content (AvgIpc) is 3.05. The minimum Gasteiger partial charge on any atom is -0.451 e. The van der Waals surface area contributed by atoms with Crippen LogP contribution in [0.25, 0.3) is 11.0 Å². The number of aryl methyl sites for hydroxylation is 1. The summed E-state index contributed by atoms with van der Waals surface area (Å²) in [5, 5.41) is 1.61. The van der Waals surface area contributed by atoms with Gasteiger partial charge in [0.1, 0.15) is 5.58 Å². The van der Waals surface area contributed by atoms with E-state index >= 15 is 0 Å². The highest BCUT2D eigenvalue weighted by molar-refractivity contribution is 8.13. The second-order valence-electron chi connectivity index (χ2n) is 6.71. The molecule has 3 aromatic rings. The van der Waals surface area contributed by atoms with Crippen LogP contribution in [0.3, 0.4) is 0 Å². The van der Waals surface area contributed by atoms with E-state index in [0.717, 1.165) is 23.1 Å². The van der Waals surface area contributed by atoms with Crippen molar-refractivity contribution in [1.82, 2.24) is 4.90 Å². The van der Waals surface area contributed by atoms with E-state index < -0.39 is 0 Å². The maximum atomic E-state index is 13.2. The van der Waals surface area contributed by atoms with Crippen molar-refractivity contribution in [2.24, 2.45) is 4.99 Å². The summed E-state index contributed by atoms with van der Waals surface area (Å²) in [7, 11) is 0. The molecule has 0 spiro atoms. The fourth-order valence-corrected chi connectivity index (χ4v) is 4.18. The van der Waals surface area contributed by atoms with Crippen LogP contribution in [0.15, 0.2) is 57.9 Å². The third-order valence-electron chi connectivity index (χ3n) is 4.77. The third kappa shape index (κ3) is 3.47. The molecule has 0 atom stereocenters. The molecular formula is C22H20N2O3S. The predicted molar refractivity (Wildman–Crippen MR) is 113 cm³/mol. The standard InChI is InChI=1S/C22H20N2O3S/c1-14-18-6-3-4-7-19(18)27-20(14)21(26)24-12-5-13-28-22(24)23-17-10-8-16(9-11-17)15(2)25/h3-4,6-11H,5,12-13H2,1-2H3. The first-order valence-electron chi connectivity index (χ1n) is 9.17. The molecule has 1 saturated heterocycles. The molecule has 1 fully saturated rings. The van der Waals surface area contributed by atoms with Gasteiger partial charge >= 0.3 is 0 Å². The van der Waals surface area contributed by atoms with Gasteiger partial charge < -0.3 is 4.42 Å². The molecule has 142 valence electrons. The SMILES string of the molecule is CC(=O)c1ccc(N=C2SCCCN2C(=O)c2oc3ccccc3c2C)cc1. The molecule has 1 aliphatic heterocycles. The maximum Gasteiger partial charge on any atom is 0.295 e. The highest BCUT2D eigenvalue weighted by Crippen LogP contribution is 2.29. The second-order valence-corrected chi connectivity index (χ2v) is 7.77. The molecule has 2 aromatic carbocycles. The molecule has 28 heavy (non-hydrogen) atoms. The molecular weight excluding hydrogens is 372 g/mol. The van der Waals surface area contributed by atoms with Gasteiger partial charge in [-0.2, -0.15) is 0 Å². The largest absolute Gasteiger partial charge is 0.451 e. The number of hydrogen-bond donors (Lipinski definition) is 0. The van der Waals surface area contributed by atoms with Crippen LogP contribution in [-0.4, -0.2) is 34.1 Å². The van der Waals surface area contributed by atoms with Gasteiger partial charge in [0.15, 0.2) is 16.7 Å². The number of furan rings is 1. The normalized spacial score (nSPS) is 15.9. The topological polar surface area (TPSA) is 62.9 Å². The third-order valence-corrected chi connectivity index (χ3v) is 5.83. The number of fused-ring (bicyclic) bond motifs is 1. The lowest BCUT2D eigenvalue weighted by Crippen LogP contribution is -2.39. The Labute approximate surface area is 167 Å². The number of amides is 1. The molecule has 1 amide bonds. The summed E-state index contributed by atoms with van der Waals surface area (Å²) >= 11 is 1.56. The Morgan fingerprint density at radius 2 is 1.86 bits per heavy atom. The minimum atomic E-state index is -0.167. The van der Waals surface area contributed by atoms with Crippen molar-refractivity contribution in [2.45, 2.75) is 20.3 Å². The number of benzene rings is 2. The molecule has 0 saturated carbocycles. The molecule has 2 heterocycles. The zero-order valence-corrected chi connectivity index (χ0v) is 16.6. The van der Waals surface area contributed by atoms with Crippen molar-refractivity contribution < 1.29 is 14.0 Å². The zero-order valence-electron chi connectivity index (χ0n) is 15.8. The molecule has 6 heteroatoms. The lowest BCUT2D eigenvalue weighted by molar-refractivity contribution is 0.0820. The number of aliphatic imine (C=N–C) groups is 1. The van der Waals surface area contributed by atoms with E-state index in [-0.39, 0.29) is 11.7 Å². The Bertz CT molecular complexity index is 1080. The van der Waals surface area contributed by atoms with Crippen LogP contribution < -0.4 is 0 Å². The van der Waals surface area contributed by atoms with Crippen LogP contribution in [0.5, 0.6) is 0 Å². The Morgan fingerprint density at radius 3 is 2.57 bits per heavy atom. The summed E-state index contributed by atoms with van der Waals surface area (Å²) in [6.45, 7) is 4.05. The fraction of sp³-hybridized carbons (Fsp3) is 0.227. The van der Waals surface area contributed by atoms with Crippen molar-refractivity contribution in [2.75, 3.05) is 12.3 Å². The van der Waals surface area contributed by atoms with Gasteiger partial charge in [0.2, 0.25) is 0 Å². The van der Waals surface area contributed by atoms with E-state index in [1.165, 1.54) is 6.92 Å². The first-order valence-corrected chi connectivity index (χ1v) is 10.2. The number of rotatable bonds is 3. The summed E-state index contributed by atoms with van der Waals surface area (Å²) in [6.07, 6.45) is 0.901. The number of carbonyl (C=O) groups is 2. The number of ketones is 1. The zero-order chi connectivity index (χ0) is 19.7. The van der Waals surface area contributed by atoms with E-state index in [1.807, 2.05) is 31.2 Å². The number of para-hydroxylation sites is 1. The van der Waals surface area contributed by atoms with E-state index in [0.29, 0.717) is 34.3 Å². The highest BCUT2D eigenvalue weighted by Gasteiger charge is 2.29. The number of carbonyl (C=O) groups excluding carboxylic acids is 2. The Balaban J connectivity index is 1.67. The molecule has 0 radical (unpaired) electrons. The van der Waals surface area contributed by atoms with Crippen molar-refractivity contribution >= 4 is 45.3 Å². The molecule has 4 rings (SSSR count). The number of Topliss-reactive ketones (excluding diaryl/α,β-unsaturated/α-hetero) is 1. The molecule has 0 N–H and O–H groups in total. The van der Waals surface area contributed by atoms with E-state index in [4.69, 9.17) is 4.42 Å². The monoisotopic (exact) mass is 392 g/mol. The van der Waals surface area contributed by atoms with Gasteiger partial charge in [-0.25, -0.2) is 4.99 Å². The van der Waals surface area contributed by atoms with Crippen molar-refractivity contribution in [1.29, 1.82) is 0 Å². The van der Waals surface area contributed by atoms with Crippen LogP contribution >= 0.6 is 11.8 Å². The summed E-state index contributed by atoms with van der Waals surface area (Å²) in [4.78, 5) is 31.0. The van der Waals surface area contributed by atoms with Crippen molar-refractivity contribution in [3.05, 3.63) is 65.4 Å². The summed E-state index contributed by atoms with van der Waals surface area (Å²) in [6, 6.07) is 14.8. The quantitative estimate of drug-likeness (QED) is 0.574. The van der Waals surface area contributed by atoms with Crippen LogP contribution in [-0.2, 0) is 0 Å². The van der Waals surface area contributed by atoms with Crippen molar-refractivity contribution in [3.8, 4) is 0 Å². The molecule has 0 aliphatic carbocycles. The number of nitrogens with zero attached hydrogens (tertiary/aromatic N) is 2. The lowest BCUT2D eigenvalue weighted by atomic mass is 10.1. The van der Waals surface area contributed by atoms with Gasteiger partial charge in [-0.1, -0.05) is 30.0 Å². The van der Waals surface area contributed by atoms with Gasteiger partial charge in [0, 0.05) is 28.8 Å². The van der Waals surface area contributed by atoms with E-state index in [9.17, 15) is 9.59 Å². The van der Waals surface area contributed by atoms with Gasteiger partial charge in [-0.15, -0.1) is 0 Å². The Hall–Kier alpha value is -2.86. The highest BCUT2D eigenvalue weighted by atomic mass is 32.2. The van der Waals surface area contributed by atoms with Crippen LogP contribution in [0.4, 0.5) is 5.69 Å². The van der Waals surface area contributed by atoms with Gasteiger partial charge in [-0.3, -0.25) is 14.5 Å². The molecule has 0 unspecified atom stereocenters. The Morgan fingerprint density at radius 1 is 1.11 bits per heavy atom. The van der Waals surface area contributed by atoms with Crippen molar-refractivity contribution in [3.63, 3.8) is 0 Å². The van der Waals surface area contributed by atoms with Gasteiger partial charge in [-0.05, 0) is 50.6 Å². The van der Waals surface area contributed by atoms with E-state index in [1.54, 1.807) is 40.9 Å². The smallest absolute Gasteiger partial charge is 0.295 e. The molecule has 1 aliphatic rings.